The molecule has 2 aliphatic rings. The van der Waals surface area contributed by atoms with Crippen molar-refractivity contribution in [2.45, 2.75) is 238 Å². The Kier molecular flexibility index (Phi) is 41.4. The summed E-state index contributed by atoms with van der Waals surface area (Å²) in [4.78, 5) is 47.8. The molecule has 0 unspecified atom stereocenters. The number of aliphatic imine (C=N–C) groups is 2. The Morgan fingerprint density at radius 2 is 0.915 bits per heavy atom. The van der Waals surface area contributed by atoms with Crippen molar-refractivity contribution in [1.29, 1.82) is 0 Å². The van der Waals surface area contributed by atoms with Gasteiger partial charge in [-0.3, -0.25) is 49.6 Å². The minimum absolute atomic E-state index is 0.0995. The second kappa shape index (κ2) is 51.1. The van der Waals surface area contributed by atoms with Crippen LogP contribution in [-0.4, -0.2) is 67.1 Å². The normalized spacial score (nSPS) is 11.6. The summed E-state index contributed by atoms with van der Waals surface area (Å²) in [6.45, 7) is 50.2. The second-order valence-electron chi connectivity index (χ2n) is 31.8. The van der Waals surface area contributed by atoms with E-state index in [-0.39, 0.29) is 11.7 Å². The molecule has 0 radical (unpaired) electrons. The molecule has 13 aromatic rings. The van der Waals surface area contributed by atoms with Gasteiger partial charge in [0, 0.05) is 149 Å². The summed E-state index contributed by atoms with van der Waals surface area (Å²) in [5, 5.41) is 6.93. The number of thiazole rings is 1. The Hall–Kier alpha value is -11.2. The van der Waals surface area contributed by atoms with Crippen LogP contribution in [0.4, 0.5) is 4.39 Å². The fraction of sp³-hybridized carbons (Fsp3) is 0.353. The first-order valence-electron chi connectivity index (χ1n) is 41.6. The lowest BCUT2D eigenvalue weighted by molar-refractivity contribution is 0.571. The molecular formula is C102H128FN13OS. The Morgan fingerprint density at radius 1 is 0.398 bits per heavy atom. The molecule has 14 nitrogen and oxygen atoms in total. The molecule has 620 valence electrons. The molecule has 0 amide bonds. The Labute approximate surface area is 709 Å². The maximum atomic E-state index is 12.8. The van der Waals surface area contributed by atoms with E-state index in [1.165, 1.54) is 72.3 Å². The van der Waals surface area contributed by atoms with Crippen molar-refractivity contribution < 1.29 is 8.81 Å². The molecule has 3 aromatic carbocycles. The molecule has 0 N–H and O–H groups in total. The van der Waals surface area contributed by atoms with Gasteiger partial charge >= 0.3 is 0 Å². The van der Waals surface area contributed by atoms with E-state index in [0.717, 1.165) is 81.7 Å². The number of nitrogens with zero attached hydrogens (tertiary/aromatic N) is 13. The number of pyridine rings is 7. The predicted molar refractivity (Wildman–Crippen MR) is 497 cm³/mol. The number of fused-ring (bicyclic) bond motifs is 1. The first-order valence-corrected chi connectivity index (χ1v) is 42.4. The lowest BCUT2D eigenvalue weighted by Gasteiger charge is -2.08. The van der Waals surface area contributed by atoms with E-state index in [1.54, 1.807) is 30.9 Å². The summed E-state index contributed by atoms with van der Waals surface area (Å²) >= 11 is 1.81. The van der Waals surface area contributed by atoms with Crippen molar-refractivity contribution >= 4 is 45.8 Å². The summed E-state index contributed by atoms with van der Waals surface area (Å²) in [5.41, 5.74) is 21.0. The van der Waals surface area contributed by atoms with Gasteiger partial charge in [-0.25, -0.2) is 14.4 Å². The number of hydrogen-bond donors (Lipinski definition) is 0. The van der Waals surface area contributed by atoms with Crippen LogP contribution in [0.1, 0.15) is 295 Å². The van der Waals surface area contributed by atoms with Crippen LogP contribution in [0, 0.1) is 19.7 Å². The minimum atomic E-state index is -0.0995. The number of rotatable bonds is 15. The van der Waals surface area contributed by atoms with Crippen molar-refractivity contribution in [1.82, 2.24) is 54.6 Å². The Morgan fingerprint density at radius 3 is 1.36 bits per heavy atom. The molecule has 0 atom stereocenters. The van der Waals surface area contributed by atoms with Gasteiger partial charge in [0.1, 0.15) is 5.82 Å². The first kappa shape index (κ1) is 95.6. The number of benzene rings is 3. The summed E-state index contributed by atoms with van der Waals surface area (Å²) in [5.74, 6) is 5.77. The molecule has 0 saturated heterocycles. The van der Waals surface area contributed by atoms with Crippen LogP contribution >= 0.6 is 11.3 Å². The topological polar surface area (TPSA) is 172 Å². The smallest absolute Gasteiger partial charge is 0.181 e. The maximum absolute atomic E-state index is 12.8. The number of allylic oxidation sites excluding steroid dienone is 2. The van der Waals surface area contributed by atoms with Crippen LogP contribution < -0.4 is 0 Å². The van der Waals surface area contributed by atoms with E-state index in [9.17, 15) is 4.39 Å². The van der Waals surface area contributed by atoms with Gasteiger partial charge in [0.2, 0.25) is 0 Å². The minimum Gasteiger partial charge on any atom is -0.444 e. The van der Waals surface area contributed by atoms with Gasteiger partial charge in [0.25, 0.3) is 0 Å². The van der Waals surface area contributed by atoms with Crippen LogP contribution in [0.25, 0.3) is 44.6 Å². The number of oxazole rings is 1. The molecule has 118 heavy (non-hydrogen) atoms. The first-order chi connectivity index (χ1) is 56.6. The van der Waals surface area contributed by atoms with Crippen molar-refractivity contribution in [3.8, 4) is 22.6 Å². The molecule has 2 aliphatic heterocycles. The van der Waals surface area contributed by atoms with E-state index in [1.807, 2.05) is 183 Å². The monoisotopic (exact) mass is 1600 g/mol. The molecule has 0 aliphatic carbocycles. The van der Waals surface area contributed by atoms with Crippen molar-refractivity contribution in [2.24, 2.45) is 9.98 Å². The lowest BCUT2D eigenvalue weighted by Crippen LogP contribution is -1.96. The fourth-order valence-corrected chi connectivity index (χ4v) is 12.5. The molecule has 16 heteroatoms. The molecule has 10 aromatic heterocycles. The highest BCUT2D eigenvalue weighted by atomic mass is 32.1. The zero-order chi connectivity index (χ0) is 86.1. The highest BCUT2D eigenvalue weighted by Gasteiger charge is 2.13. The maximum Gasteiger partial charge on any atom is 0.181 e. The second-order valence-corrected chi connectivity index (χ2v) is 33.0. The van der Waals surface area contributed by atoms with Crippen molar-refractivity contribution in [2.75, 3.05) is 0 Å². The van der Waals surface area contributed by atoms with E-state index in [0.29, 0.717) is 53.3 Å². The lowest BCUT2D eigenvalue weighted by atomic mass is 9.97. The third-order valence-corrected chi connectivity index (χ3v) is 20.3. The van der Waals surface area contributed by atoms with Gasteiger partial charge in [-0.15, -0.1) is 11.3 Å². The van der Waals surface area contributed by atoms with E-state index >= 15 is 0 Å². The molecule has 0 spiro atoms. The third kappa shape index (κ3) is 32.7. The number of hydrogen-bond acceptors (Lipinski definition) is 14. The van der Waals surface area contributed by atoms with Gasteiger partial charge in [0.15, 0.2) is 12.2 Å². The highest BCUT2D eigenvalue weighted by molar-refractivity contribution is 7.11. The zero-order valence-corrected chi connectivity index (χ0v) is 75.0. The van der Waals surface area contributed by atoms with Crippen LogP contribution in [0.5, 0.6) is 0 Å². The molecule has 0 fully saturated rings. The van der Waals surface area contributed by atoms with Crippen LogP contribution in [0.15, 0.2) is 265 Å². The number of aryl methyl sites for hydroxylation is 3. The van der Waals surface area contributed by atoms with Gasteiger partial charge in [-0.2, -0.15) is 5.10 Å². The average molecular weight is 1600 g/mol. The standard InChI is InChI=1S/C13H14N2.C13H15N.C12H14N2.C12H16N2.C11H12N2O.C9H11F.C8H13NS.3C8H11N/c1-10(2)12-6-3-7-13(15-12)11-5-4-8-14-9-11;1-10(2)11-4-3-5-12(8-11)13-6-7-14-9-13;1-9(2)11-4-3-5-12(14-11)10-6-7-13-8-10;1-4-14-12-7-5-6-10(9(2)3)11(12)8-13-14;1-8(2)10-5-9(3-4-13-10)11-6-12-7-14-11;1-7(2)8-5-3-4-6-9(8)10;1-5(2)8-9-6(3)7(4)10-8;1-7(2)8-4-3-5-9-6-8;2*1-7(2)8-5-3-4-6-9-8/h3-10H,1-2H3;3-5,7-10H,6H2,1-2H3;3-5,7-9H,6H2,1-2H3;5-9H,4H2,1-3H3;3-8H,1-2H3;3-7H,1-2H3;5H,1-4H3;3*3-7H,1-2H3. The third-order valence-electron chi connectivity index (χ3n) is 18.9. The fourth-order valence-electron chi connectivity index (χ4n) is 11.6. The molecular weight excluding hydrogens is 1470 g/mol. The molecule has 15 rings (SSSR count). The van der Waals surface area contributed by atoms with Gasteiger partial charge in [0.05, 0.1) is 40.0 Å². The number of aromatic nitrogens is 11. The number of halogens is 1. The van der Waals surface area contributed by atoms with E-state index in [4.69, 9.17) is 4.42 Å². The predicted octanol–water partition coefficient (Wildman–Crippen LogP) is 28.4. The highest BCUT2D eigenvalue weighted by Crippen LogP contribution is 2.29. The SMILES string of the molecule is CC(C)c1cc(-c2cnco2)ccn1.CC(C)c1cccc(-c2cccnc2)n1.CC(C)c1cccc(C2=CN=CC2)c1.CC(C)c1cccc(C2=CN=CC2)n1.CC(C)c1ccccc1F.CC(C)c1ccccn1.CC(C)c1ccccn1.CC(C)c1cccnc1.CCn1ncc2c(C(C)C)cccc21.Cc1nc(C(C)C)sc1C. The Balaban J connectivity index is 0.000000205. The van der Waals surface area contributed by atoms with Crippen LogP contribution in [-0.2, 0) is 6.54 Å². The van der Waals surface area contributed by atoms with Gasteiger partial charge in [-0.05, 0) is 198 Å². The quantitative estimate of drug-likeness (QED) is 0.0956. The summed E-state index contributed by atoms with van der Waals surface area (Å²) < 4.78 is 20.1. The molecule has 12 heterocycles. The average Bonchev–Trinajstić information content (AvgIpc) is 1.66. The van der Waals surface area contributed by atoms with Crippen LogP contribution in [0.3, 0.4) is 0 Å². The largest absolute Gasteiger partial charge is 0.444 e. The van der Waals surface area contributed by atoms with Gasteiger partial charge in [-0.1, -0.05) is 223 Å². The summed E-state index contributed by atoms with van der Waals surface area (Å²) in [6.07, 6.45) is 27.5. The molecule has 0 bridgehead atoms. The van der Waals surface area contributed by atoms with Crippen molar-refractivity contribution in [3.05, 3.63) is 334 Å². The summed E-state index contributed by atoms with van der Waals surface area (Å²) in [7, 11) is 0. The Bertz CT molecular complexity index is 4900. The molecule has 0 saturated carbocycles. The van der Waals surface area contributed by atoms with E-state index in [2.05, 4.69) is 272 Å². The van der Waals surface area contributed by atoms with Crippen molar-refractivity contribution in [3.63, 3.8) is 0 Å². The van der Waals surface area contributed by atoms with E-state index < -0.39 is 0 Å². The van der Waals surface area contributed by atoms with Gasteiger partial charge < -0.3 is 4.42 Å². The zero-order valence-electron chi connectivity index (χ0n) is 74.2. The van der Waals surface area contributed by atoms with Crippen LogP contribution in [0.2, 0.25) is 0 Å². The summed E-state index contributed by atoms with van der Waals surface area (Å²) in [6, 6.07) is 58.4.